The van der Waals surface area contributed by atoms with Gasteiger partial charge in [-0.2, -0.15) is 0 Å². The van der Waals surface area contributed by atoms with Crippen molar-refractivity contribution in [3.05, 3.63) is 75.7 Å². The van der Waals surface area contributed by atoms with Crippen LogP contribution in [0.2, 0.25) is 0 Å². The molecule has 2 aromatic carbocycles. The number of nitrogens with one attached hydrogen (secondary N) is 1. The van der Waals surface area contributed by atoms with Crippen molar-refractivity contribution in [2.24, 2.45) is 0 Å². The first-order chi connectivity index (χ1) is 12.8. The fraction of sp³-hybridized carbons (Fsp3) is 0.273. The second-order valence-electron chi connectivity index (χ2n) is 6.88. The highest BCUT2D eigenvalue weighted by atomic mass is 16.5. The topological polar surface area (TPSA) is 64.4 Å². The van der Waals surface area contributed by atoms with E-state index in [2.05, 4.69) is 10.5 Å². The number of anilines is 1. The van der Waals surface area contributed by atoms with Crippen molar-refractivity contribution in [3.8, 4) is 5.75 Å². The van der Waals surface area contributed by atoms with Crippen molar-refractivity contribution in [2.75, 3.05) is 5.32 Å². The number of benzene rings is 2. The van der Waals surface area contributed by atoms with Crippen LogP contribution in [0, 0.1) is 34.6 Å². The van der Waals surface area contributed by atoms with Crippen LogP contribution in [0.4, 0.5) is 5.69 Å². The zero-order valence-corrected chi connectivity index (χ0v) is 16.3. The number of nitrogens with zero attached hydrogens (tertiary/aromatic N) is 1. The number of ether oxygens (including phenoxy) is 1. The van der Waals surface area contributed by atoms with Crippen molar-refractivity contribution in [3.63, 3.8) is 0 Å². The highest BCUT2D eigenvalue weighted by molar-refractivity contribution is 6.03. The summed E-state index contributed by atoms with van der Waals surface area (Å²) in [6, 6.07) is 11.8. The molecule has 0 unspecified atom stereocenters. The maximum Gasteiger partial charge on any atom is 0.278 e. The summed E-state index contributed by atoms with van der Waals surface area (Å²) in [5.74, 6) is 1.05. The molecule has 0 aliphatic heterocycles. The minimum absolute atomic E-state index is 0.218. The van der Waals surface area contributed by atoms with Gasteiger partial charge in [-0.05, 0) is 75.1 Å². The Bertz CT molecular complexity index is 989. The second-order valence-corrected chi connectivity index (χ2v) is 6.88. The first kappa shape index (κ1) is 18.7. The molecule has 0 bridgehead atoms. The molecule has 5 heteroatoms. The molecule has 1 N–H and O–H groups in total. The summed E-state index contributed by atoms with van der Waals surface area (Å²) in [5.41, 5.74) is 6.06. The quantitative estimate of drug-likeness (QED) is 0.688. The molecule has 0 radical (unpaired) electrons. The van der Waals surface area contributed by atoms with Gasteiger partial charge in [-0.3, -0.25) is 4.79 Å². The number of carbonyl (C=O) groups is 1. The number of hydrogen-bond acceptors (Lipinski definition) is 4. The molecule has 3 rings (SSSR count). The summed E-state index contributed by atoms with van der Waals surface area (Å²) < 4.78 is 11.2. The standard InChI is InChI=1S/C22H24N2O3/c1-13-6-7-15(3)20(10-13)26-12-19-17(5)27-24-21(19)22(25)23-18-9-8-14(2)16(4)11-18/h6-11H,12H2,1-5H3,(H,23,25). The molecule has 0 aliphatic rings. The fourth-order valence-electron chi connectivity index (χ4n) is 2.76. The largest absolute Gasteiger partial charge is 0.488 e. The molecule has 0 spiro atoms. The lowest BCUT2D eigenvalue weighted by Gasteiger charge is -2.11. The van der Waals surface area contributed by atoms with Gasteiger partial charge in [-0.15, -0.1) is 0 Å². The van der Waals surface area contributed by atoms with Gasteiger partial charge in [0.2, 0.25) is 0 Å². The molecule has 0 fully saturated rings. The zero-order valence-electron chi connectivity index (χ0n) is 16.3. The van der Waals surface area contributed by atoms with Gasteiger partial charge < -0.3 is 14.6 Å². The maximum atomic E-state index is 12.7. The molecule has 0 saturated carbocycles. The number of aromatic nitrogens is 1. The van der Waals surface area contributed by atoms with E-state index in [1.807, 2.05) is 64.1 Å². The number of rotatable bonds is 5. The van der Waals surface area contributed by atoms with Crippen molar-refractivity contribution in [2.45, 2.75) is 41.2 Å². The SMILES string of the molecule is Cc1ccc(C)c(OCc2c(C(=O)Nc3ccc(C)c(C)c3)noc2C)c1. The predicted octanol–water partition coefficient (Wildman–Crippen LogP) is 5.05. The van der Waals surface area contributed by atoms with Gasteiger partial charge in [-0.25, -0.2) is 0 Å². The molecule has 3 aromatic rings. The predicted molar refractivity (Wildman–Crippen MR) is 105 cm³/mol. The Labute approximate surface area is 159 Å². The van der Waals surface area contributed by atoms with Crippen LogP contribution < -0.4 is 10.1 Å². The van der Waals surface area contributed by atoms with E-state index >= 15 is 0 Å². The monoisotopic (exact) mass is 364 g/mol. The Morgan fingerprint density at radius 3 is 2.48 bits per heavy atom. The molecule has 0 saturated heterocycles. The van der Waals surface area contributed by atoms with Gasteiger partial charge in [-0.1, -0.05) is 23.4 Å². The van der Waals surface area contributed by atoms with Crippen molar-refractivity contribution in [1.29, 1.82) is 0 Å². The Morgan fingerprint density at radius 1 is 1.00 bits per heavy atom. The number of amides is 1. The van der Waals surface area contributed by atoms with E-state index in [4.69, 9.17) is 9.26 Å². The highest BCUT2D eigenvalue weighted by Crippen LogP contribution is 2.23. The first-order valence-electron chi connectivity index (χ1n) is 8.89. The molecule has 1 amide bonds. The Hall–Kier alpha value is -3.08. The van der Waals surface area contributed by atoms with E-state index in [0.717, 1.165) is 28.1 Å². The third-order valence-corrected chi connectivity index (χ3v) is 4.68. The molecule has 1 heterocycles. The molecule has 1 aromatic heterocycles. The highest BCUT2D eigenvalue weighted by Gasteiger charge is 2.21. The van der Waals surface area contributed by atoms with Gasteiger partial charge >= 0.3 is 0 Å². The summed E-state index contributed by atoms with van der Waals surface area (Å²) in [5, 5.41) is 6.82. The molecule has 140 valence electrons. The van der Waals surface area contributed by atoms with Crippen molar-refractivity contribution in [1.82, 2.24) is 5.16 Å². The Morgan fingerprint density at radius 2 is 1.74 bits per heavy atom. The third kappa shape index (κ3) is 4.19. The summed E-state index contributed by atoms with van der Waals surface area (Å²) in [6.07, 6.45) is 0. The van der Waals surface area contributed by atoms with Gasteiger partial charge in [0.05, 0.1) is 5.56 Å². The lowest BCUT2D eigenvalue weighted by Crippen LogP contribution is -2.15. The maximum absolute atomic E-state index is 12.7. The second kappa shape index (κ2) is 7.66. The lowest BCUT2D eigenvalue weighted by molar-refractivity contribution is 0.101. The summed E-state index contributed by atoms with van der Waals surface area (Å²) in [4.78, 5) is 12.7. The van der Waals surface area contributed by atoms with Crippen LogP contribution in [0.15, 0.2) is 40.9 Å². The van der Waals surface area contributed by atoms with Crippen LogP contribution in [-0.4, -0.2) is 11.1 Å². The third-order valence-electron chi connectivity index (χ3n) is 4.68. The minimum atomic E-state index is -0.310. The zero-order chi connectivity index (χ0) is 19.6. The number of aryl methyl sites for hydroxylation is 5. The average Bonchev–Trinajstić information content (AvgIpc) is 3.00. The number of hydrogen-bond donors (Lipinski definition) is 1. The van der Waals surface area contributed by atoms with Crippen LogP contribution >= 0.6 is 0 Å². The average molecular weight is 364 g/mol. The summed E-state index contributed by atoms with van der Waals surface area (Å²) >= 11 is 0. The van der Waals surface area contributed by atoms with Crippen LogP contribution in [0.1, 0.15) is 44.1 Å². The van der Waals surface area contributed by atoms with Crippen LogP contribution in [0.3, 0.4) is 0 Å². The van der Waals surface area contributed by atoms with Gasteiger partial charge in [0.1, 0.15) is 18.1 Å². The Kier molecular flexibility index (Phi) is 5.31. The van der Waals surface area contributed by atoms with Crippen molar-refractivity contribution >= 4 is 11.6 Å². The van der Waals surface area contributed by atoms with Gasteiger partial charge in [0.25, 0.3) is 5.91 Å². The fourth-order valence-corrected chi connectivity index (χ4v) is 2.76. The van der Waals surface area contributed by atoms with E-state index in [0.29, 0.717) is 11.3 Å². The summed E-state index contributed by atoms with van der Waals surface area (Å²) in [7, 11) is 0. The molecule has 0 atom stereocenters. The van der Waals surface area contributed by atoms with Gasteiger partial charge in [0, 0.05) is 5.69 Å². The van der Waals surface area contributed by atoms with E-state index in [1.54, 1.807) is 6.92 Å². The van der Waals surface area contributed by atoms with E-state index in [9.17, 15) is 4.79 Å². The molecular formula is C22H24N2O3. The van der Waals surface area contributed by atoms with Crippen LogP contribution in [-0.2, 0) is 6.61 Å². The van der Waals surface area contributed by atoms with Crippen LogP contribution in [0.5, 0.6) is 5.75 Å². The van der Waals surface area contributed by atoms with E-state index in [1.165, 1.54) is 5.56 Å². The van der Waals surface area contributed by atoms with E-state index in [-0.39, 0.29) is 18.2 Å². The normalized spacial score (nSPS) is 10.7. The smallest absolute Gasteiger partial charge is 0.278 e. The Balaban J connectivity index is 1.78. The lowest BCUT2D eigenvalue weighted by atomic mass is 10.1. The molecular weight excluding hydrogens is 340 g/mol. The van der Waals surface area contributed by atoms with Gasteiger partial charge in [0.15, 0.2) is 5.69 Å². The summed E-state index contributed by atoms with van der Waals surface area (Å²) in [6.45, 7) is 10.0. The minimum Gasteiger partial charge on any atom is -0.488 e. The first-order valence-corrected chi connectivity index (χ1v) is 8.89. The number of carbonyl (C=O) groups excluding carboxylic acids is 1. The van der Waals surface area contributed by atoms with Crippen molar-refractivity contribution < 1.29 is 14.1 Å². The molecule has 0 aliphatic carbocycles. The van der Waals surface area contributed by atoms with Crippen LogP contribution in [0.25, 0.3) is 0 Å². The molecule has 27 heavy (non-hydrogen) atoms. The van der Waals surface area contributed by atoms with E-state index < -0.39 is 0 Å². The molecule has 5 nitrogen and oxygen atoms in total.